The van der Waals surface area contributed by atoms with Gasteiger partial charge in [-0.15, -0.1) is 0 Å². The molecule has 0 spiro atoms. The summed E-state index contributed by atoms with van der Waals surface area (Å²) in [7, 11) is 0. The SMILES string of the molecule is c1ccc(C[NH2+]Cc2ccc(Oc3ccc(Oc4ccc(C[NH2+]Cc5ccccc5)cc4)cc3)cc2)cc1. The quantitative estimate of drug-likeness (QED) is 0.227. The summed E-state index contributed by atoms with van der Waals surface area (Å²) in [6, 6.07) is 45.4. The van der Waals surface area contributed by atoms with Crippen molar-refractivity contribution in [2.24, 2.45) is 0 Å². The molecule has 4 N–H and O–H groups in total. The summed E-state index contributed by atoms with van der Waals surface area (Å²) in [6.07, 6.45) is 0. The van der Waals surface area contributed by atoms with E-state index in [1.165, 1.54) is 22.3 Å². The Morgan fingerprint density at radius 2 is 0.579 bits per heavy atom. The Balaban J connectivity index is 1.06. The molecule has 0 amide bonds. The summed E-state index contributed by atoms with van der Waals surface area (Å²) in [6.45, 7) is 3.83. The van der Waals surface area contributed by atoms with E-state index in [0.29, 0.717) is 0 Å². The normalized spacial score (nSPS) is 10.7. The van der Waals surface area contributed by atoms with Gasteiger partial charge in [0, 0.05) is 22.3 Å². The van der Waals surface area contributed by atoms with E-state index in [2.05, 4.69) is 95.6 Å². The van der Waals surface area contributed by atoms with Crippen LogP contribution in [0.5, 0.6) is 23.0 Å². The van der Waals surface area contributed by atoms with Gasteiger partial charge in [0.2, 0.25) is 0 Å². The largest absolute Gasteiger partial charge is 0.457 e. The van der Waals surface area contributed by atoms with Gasteiger partial charge in [0.15, 0.2) is 0 Å². The van der Waals surface area contributed by atoms with E-state index in [1.807, 2.05) is 48.5 Å². The monoisotopic (exact) mass is 502 g/mol. The lowest BCUT2D eigenvalue weighted by atomic mass is 10.2. The Morgan fingerprint density at radius 1 is 0.316 bits per heavy atom. The van der Waals surface area contributed by atoms with Crippen molar-refractivity contribution < 1.29 is 20.1 Å². The van der Waals surface area contributed by atoms with Crippen molar-refractivity contribution in [1.82, 2.24) is 0 Å². The lowest BCUT2D eigenvalue weighted by Crippen LogP contribution is -2.80. The van der Waals surface area contributed by atoms with E-state index in [-0.39, 0.29) is 0 Å². The van der Waals surface area contributed by atoms with Crippen molar-refractivity contribution in [2.75, 3.05) is 0 Å². The highest BCUT2D eigenvalue weighted by Gasteiger charge is 2.04. The van der Waals surface area contributed by atoms with Gasteiger partial charge in [-0.1, -0.05) is 60.7 Å². The lowest BCUT2D eigenvalue weighted by Gasteiger charge is -2.09. The molecular weight excluding hydrogens is 468 g/mol. The van der Waals surface area contributed by atoms with Gasteiger partial charge in [-0.3, -0.25) is 0 Å². The molecule has 0 saturated heterocycles. The Hall–Kier alpha value is -4.38. The van der Waals surface area contributed by atoms with Crippen LogP contribution in [0.3, 0.4) is 0 Å². The molecular formula is C34H34N2O2+2. The number of hydrogen-bond acceptors (Lipinski definition) is 2. The minimum atomic E-state index is 0.782. The highest BCUT2D eigenvalue weighted by molar-refractivity contribution is 5.38. The van der Waals surface area contributed by atoms with E-state index in [0.717, 1.165) is 49.2 Å². The van der Waals surface area contributed by atoms with Gasteiger partial charge >= 0.3 is 0 Å². The summed E-state index contributed by atoms with van der Waals surface area (Å²) in [5.74, 6) is 3.21. The first-order valence-corrected chi connectivity index (χ1v) is 13.1. The number of hydrogen-bond donors (Lipinski definition) is 2. The molecule has 0 bridgehead atoms. The molecule has 5 aromatic rings. The molecule has 0 atom stereocenters. The first-order valence-electron chi connectivity index (χ1n) is 13.1. The maximum Gasteiger partial charge on any atom is 0.127 e. The molecule has 0 aliphatic rings. The van der Waals surface area contributed by atoms with Gasteiger partial charge in [0.1, 0.15) is 49.2 Å². The van der Waals surface area contributed by atoms with Crippen molar-refractivity contribution in [3.05, 3.63) is 156 Å². The predicted molar refractivity (Wildman–Crippen MR) is 151 cm³/mol. The third-order valence-electron chi connectivity index (χ3n) is 6.35. The van der Waals surface area contributed by atoms with Crippen molar-refractivity contribution in [1.29, 1.82) is 0 Å². The molecule has 4 heteroatoms. The van der Waals surface area contributed by atoms with Gasteiger partial charge in [-0.25, -0.2) is 0 Å². The first kappa shape index (κ1) is 25.3. The highest BCUT2D eigenvalue weighted by Crippen LogP contribution is 2.27. The Morgan fingerprint density at radius 3 is 0.895 bits per heavy atom. The van der Waals surface area contributed by atoms with E-state index in [4.69, 9.17) is 9.47 Å². The van der Waals surface area contributed by atoms with Crippen LogP contribution in [0.2, 0.25) is 0 Å². The van der Waals surface area contributed by atoms with Crippen molar-refractivity contribution in [2.45, 2.75) is 26.2 Å². The smallest absolute Gasteiger partial charge is 0.127 e. The molecule has 0 aromatic heterocycles. The number of quaternary nitrogens is 2. The molecule has 0 unspecified atom stereocenters. The number of nitrogens with two attached hydrogens (primary N) is 2. The molecule has 0 saturated carbocycles. The molecule has 38 heavy (non-hydrogen) atoms. The zero-order valence-corrected chi connectivity index (χ0v) is 21.5. The van der Waals surface area contributed by atoms with Crippen LogP contribution in [-0.2, 0) is 26.2 Å². The summed E-state index contributed by atoms with van der Waals surface area (Å²) >= 11 is 0. The molecule has 0 fully saturated rings. The van der Waals surface area contributed by atoms with E-state index in [9.17, 15) is 0 Å². The fourth-order valence-electron chi connectivity index (χ4n) is 4.27. The topological polar surface area (TPSA) is 51.7 Å². The van der Waals surface area contributed by atoms with Crippen molar-refractivity contribution in [3.63, 3.8) is 0 Å². The third-order valence-corrected chi connectivity index (χ3v) is 6.35. The van der Waals surface area contributed by atoms with Gasteiger partial charge in [0.05, 0.1) is 0 Å². The van der Waals surface area contributed by atoms with E-state index < -0.39 is 0 Å². The van der Waals surface area contributed by atoms with Crippen LogP contribution in [-0.4, -0.2) is 0 Å². The van der Waals surface area contributed by atoms with Crippen LogP contribution in [0.25, 0.3) is 0 Å². The lowest BCUT2D eigenvalue weighted by molar-refractivity contribution is -0.686. The molecule has 0 aliphatic carbocycles. The fourth-order valence-corrected chi connectivity index (χ4v) is 4.27. The average molecular weight is 503 g/mol. The summed E-state index contributed by atoms with van der Waals surface area (Å²) in [5, 5.41) is 4.61. The number of rotatable bonds is 12. The number of benzene rings is 5. The predicted octanol–water partition coefficient (Wildman–Crippen LogP) is 5.80. The highest BCUT2D eigenvalue weighted by atomic mass is 16.5. The molecule has 0 aliphatic heterocycles. The van der Waals surface area contributed by atoms with Gasteiger partial charge in [-0.05, 0) is 72.8 Å². The average Bonchev–Trinajstić information content (AvgIpc) is 2.97. The first-order chi connectivity index (χ1) is 18.8. The second kappa shape index (κ2) is 13.2. The third kappa shape index (κ3) is 7.81. The van der Waals surface area contributed by atoms with E-state index in [1.54, 1.807) is 0 Å². The summed E-state index contributed by atoms with van der Waals surface area (Å²) < 4.78 is 12.1. The van der Waals surface area contributed by atoms with Gasteiger partial charge in [-0.2, -0.15) is 0 Å². The zero-order valence-electron chi connectivity index (χ0n) is 21.5. The minimum Gasteiger partial charge on any atom is -0.457 e. The van der Waals surface area contributed by atoms with Crippen molar-refractivity contribution in [3.8, 4) is 23.0 Å². The minimum absolute atomic E-state index is 0.782. The molecule has 5 aromatic carbocycles. The Kier molecular flexibility index (Phi) is 8.81. The van der Waals surface area contributed by atoms with Crippen molar-refractivity contribution >= 4 is 0 Å². The Labute approximate surface area is 224 Å². The standard InChI is InChI=1S/C34H32N2O2/c1-3-7-27(8-4-1)23-35-25-29-11-15-31(16-12-29)37-33-19-21-34(22-20-33)38-32-17-13-30(14-18-32)26-36-24-28-9-5-2-6-10-28/h1-22,35-36H,23-26H2/p+2. The van der Waals surface area contributed by atoms with Gasteiger partial charge in [0.25, 0.3) is 0 Å². The van der Waals surface area contributed by atoms with Crippen LogP contribution >= 0.6 is 0 Å². The van der Waals surface area contributed by atoms with Gasteiger partial charge < -0.3 is 20.1 Å². The maximum absolute atomic E-state index is 6.03. The van der Waals surface area contributed by atoms with Crippen LogP contribution in [0.4, 0.5) is 0 Å². The van der Waals surface area contributed by atoms with Crippen LogP contribution in [0, 0.1) is 0 Å². The molecule has 0 radical (unpaired) electrons. The fraction of sp³-hybridized carbons (Fsp3) is 0.118. The maximum atomic E-state index is 6.03. The van der Waals surface area contributed by atoms with Crippen LogP contribution in [0.15, 0.2) is 133 Å². The Bertz CT molecular complexity index is 1260. The molecule has 5 rings (SSSR count). The zero-order chi connectivity index (χ0) is 25.8. The molecule has 190 valence electrons. The van der Waals surface area contributed by atoms with E-state index >= 15 is 0 Å². The van der Waals surface area contributed by atoms with Crippen LogP contribution in [0.1, 0.15) is 22.3 Å². The molecule has 4 nitrogen and oxygen atoms in total. The van der Waals surface area contributed by atoms with Crippen LogP contribution < -0.4 is 20.1 Å². The number of ether oxygens (including phenoxy) is 2. The second-order valence-corrected chi connectivity index (χ2v) is 9.33. The molecule has 0 heterocycles. The summed E-state index contributed by atoms with van der Waals surface area (Å²) in [4.78, 5) is 0. The summed E-state index contributed by atoms with van der Waals surface area (Å²) in [5.41, 5.74) is 5.23. The second-order valence-electron chi connectivity index (χ2n) is 9.33.